The van der Waals surface area contributed by atoms with Gasteiger partial charge in [-0.2, -0.15) is 0 Å². The Balaban J connectivity index is 2.21. The highest BCUT2D eigenvalue weighted by atomic mass is 19.1. The molecule has 1 aromatic carbocycles. The fourth-order valence-corrected chi connectivity index (χ4v) is 1.78. The first kappa shape index (κ1) is 10.8. The lowest BCUT2D eigenvalue weighted by atomic mass is 10.2. The van der Waals surface area contributed by atoms with E-state index in [1.807, 2.05) is 0 Å². The third-order valence-electron chi connectivity index (χ3n) is 2.58. The highest BCUT2D eigenvalue weighted by Gasteiger charge is 2.20. The normalized spacial score (nSPS) is 19.7. The summed E-state index contributed by atoms with van der Waals surface area (Å²) in [6.45, 7) is 1.67. The highest BCUT2D eigenvalue weighted by molar-refractivity contribution is 5.61. The molecule has 1 aliphatic rings. The van der Waals surface area contributed by atoms with Crippen LogP contribution in [0.1, 0.15) is 6.42 Å². The SMILES string of the molecule is O=[N+]([O-])c1cc(F)ccc1NC1CCNC1. The van der Waals surface area contributed by atoms with Gasteiger partial charge in [-0.05, 0) is 25.1 Å². The summed E-state index contributed by atoms with van der Waals surface area (Å²) in [5.74, 6) is -0.596. The Morgan fingerprint density at radius 2 is 2.38 bits per heavy atom. The van der Waals surface area contributed by atoms with Crippen LogP contribution in [0.3, 0.4) is 0 Å². The molecule has 0 radical (unpaired) electrons. The first-order valence-electron chi connectivity index (χ1n) is 5.08. The lowest BCUT2D eigenvalue weighted by Crippen LogP contribution is -2.22. The molecule has 16 heavy (non-hydrogen) atoms. The number of anilines is 1. The predicted molar refractivity (Wildman–Crippen MR) is 58.0 cm³/mol. The summed E-state index contributed by atoms with van der Waals surface area (Å²) >= 11 is 0. The second-order valence-corrected chi connectivity index (χ2v) is 3.75. The number of benzene rings is 1. The van der Waals surface area contributed by atoms with Gasteiger partial charge in [0.25, 0.3) is 5.69 Å². The summed E-state index contributed by atoms with van der Waals surface area (Å²) < 4.78 is 12.9. The molecule has 1 saturated heterocycles. The van der Waals surface area contributed by atoms with Crippen molar-refractivity contribution >= 4 is 11.4 Å². The molecule has 0 spiro atoms. The van der Waals surface area contributed by atoms with Gasteiger partial charge in [-0.1, -0.05) is 0 Å². The largest absolute Gasteiger partial charge is 0.375 e. The van der Waals surface area contributed by atoms with Crippen LogP contribution >= 0.6 is 0 Å². The van der Waals surface area contributed by atoms with Crippen molar-refractivity contribution in [1.82, 2.24) is 5.32 Å². The Morgan fingerprint density at radius 1 is 1.56 bits per heavy atom. The third-order valence-corrected chi connectivity index (χ3v) is 2.58. The summed E-state index contributed by atoms with van der Waals surface area (Å²) in [6.07, 6.45) is 0.911. The quantitative estimate of drug-likeness (QED) is 0.604. The maximum atomic E-state index is 12.9. The van der Waals surface area contributed by atoms with Crippen molar-refractivity contribution < 1.29 is 9.31 Å². The molecule has 5 nitrogen and oxygen atoms in total. The molecule has 2 rings (SSSR count). The minimum Gasteiger partial charge on any atom is -0.375 e. The Bertz CT molecular complexity index is 405. The van der Waals surface area contributed by atoms with Crippen LogP contribution in [0, 0.1) is 15.9 Å². The number of nitro groups is 1. The number of nitrogens with zero attached hydrogens (tertiary/aromatic N) is 1. The summed E-state index contributed by atoms with van der Waals surface area (Å²) in [6, 6.07) is 3.73. The zero-order valence-corrected chi connectivity index (χ0v) is 8.57. The van der Waals surface area contributed by atoms with Gasteiger partial charge in [0.2, 0.25) is 0 Å². The average Bonchev–Trinajstić information content (AvgIpc) is 2.73. The second-order valence-electron chi connectivity index (χ2n) is 3.75. The van der Waals surface area contributed by atoms with Crippen molar-refractivity contribution in [2.75, 3.05) is 18.4 Å². The maximum Gasteiger partial charge on any atom is 0.295 e. The number of nitrogens with one attached hydrogen (secondary N) is 2. The number of nitro benzene ring substituents is 1. The van der Waals surface area contributed by atoms with E-state index in [1.165, 1.54) is 12.1 Å². The van der Waals surface area contributed by atoms with Gasteiger partial charge in [0.15, 0.2) is 0 Å². The van der Waals surface area contributed by atoms with Crippen molar-refractivity contribution in [3.8, 4) is 0 Å². The van der Waals surface area contributed by atoms with Crippen molar-refractivity contribution in [2.45, 2.75) is 12.5 Å². The average molecular weight is 225 g/mol. The lowest BCUT2D eigenvalue weighted by Gasteiger charge is -2.12. The van der Waals surface area contributed by atoms with Gasteiger partial charge in [0.1, 0.15) is 11.5 Å². The van der Waals surface area contributed by atoms with E-state index in [4.69, 9.17) is 0 Å². The monoisotopic (exact) mass is 225 g/mol. The van der Waals surface area contributed by atoms with Crippen molar-refractivity contribution in [3.05, 3.63) is 34.1 Å². The molecule has 1 heterocycles. The van der Waals surface area contributed by atoms with Crippen LogP contribution in [0.25, 0.3) is 0 Å². The Hall–Kier alpha value is -1.69. The first-order chi connectivity index (χ1) is 7.66. The Morgan fingerprint density at radius 3 is 3.00 bits per heavy atom. The van der Waals surface area contributed by atoms with E-state index in [1.54, 1.807) is 0 Å². The summed E-state index contributed by atoms with van der Waals surface area (Å²) in [5, 5.41) is 16.9. The summed E-state index contributed by atoms with van der Waals surface area (Å²) in [7, 11) is 0. The molecule has 0 aliphatic carbocycles. The lowest BCUT2D eigenvalue weighted by molar-refractivity contribution is -0.384. The van der Waals surface area contributed by atoms with E-state index in [-0.39, 0.29) is 11.7 Å². The molecule has 1 aromatic rings. The molecule has 0 saturated carbocycles. The molecule has 2 N–H and O–H groups in total. The number of halogens is 1. The standard InChI is InChI=1S/C10H12FN3O2/c11-7-1-2-9(10(5-7)14(15)16)13-8-3-4-12-6-8/h1-2,5,8,12-13H,3-4,6H2. The number of rotatable bonds is 3. The Labute approximate surface area is 91.8 Å². The van der Waals surface area contributed by atoms with Crippen LogP contribution in [0.5, 0.6) is 0 Å². The van der Waals surface area contributed by atoms with Gasteiger partial charge in [0, 0.05) is 12.6 Å². The molecule has 86 valence electrons. The molecule has 0 amide bonds. The molecule has 6 heteroatoms. The number of hydrogen-bond donors (Lipinski definition) is 2. The van der Waals surface area contributed by atoms with Crippen LogP contribution in [0.2, 0.25) is 0 Å². The molecule has 1 atom stereocenters. The van der Waals surface area contributed by atoms with Gasteiger partial charge in [-0.25, -0.2) is 4.39 Å². The summed E-state index contributed by atoms with van der Waals surface area (Å²) in [5.41, 5.74) is 0.159. The minimum absolute atomic E-state index is 0.171. The fourth-order valence-electron chi connectivity index (χ4n) is 1.78. The zero-order chi connectivity index (χ0) is 11.5. The van der Waals surface area contributed by atoms with E-state index in [2.05, 4.69) is 10.6 Å². The van der Waals surface area contributed by atoms with Gasteiger partial charge in [0.05, 0.1) is 11.0 Å². The molecule has 0 aromatic heterocycles. The van der Waals surface area contributed by atoms with E-state index < -0.39 is 10.7 Å². The van der Waals surface area contributed by atoms with E-state index in [0.29, 0.717) is 5.69 Å². The number of hydrogen-bond acceptors (Lipinski definition) is 4. The van der Waals surface area contributed by atoms with Crippen LogP contribution < -0.4 is 10.6 Å². The molecular formula is C10H12FN3O2. The molecule has 0 bridgehead atoms. The molecule has 1 unspecified atom stereocenters. The van der Waals surface area contributed by atoms with Crippen LogP contribution in [0.15, 0.2) is 18.2 Å². The minimum atomic E-state index is -0.596. The van der Waals surface area contributed by atoms with E-state index >= 15 is 0 Å². The van der Waals surface area contributed by atoms with Gasteiger partial charge >= 0.3 is 0 Å². The topological polar surface area (TPSA) is 67.2 Å². The van der Waals surface area contributed by atoms with Crippen LogP contribution in [0.4, 0.5) is 15.8 Å². The van der Waals surface area contributed by atoms with Crippen molar-refractivity contribution in [2.24, 2.45) is 0 Å². The van der Waals surface area contributed by atoms with Crippen molar-refractivity contribution in [3.63, 3.8) is 0 Å². The van der Waals surface area contributed by atoms with E-state index in [9.17, 15) is 14.5 Å². The fraction of sp³-hybridized carbons (Fsp3) is 0.400. The maximum absolute atomic E-state index is 12.9. The third kappa shape index (κ3) is 2.27. The van der Waals surface area contributed by atoms with E-state index in [0.717, 1.165) is 25.6 Å². The van der Waals surface area contributed by atoms with Crippen molar-refractivity contribution in [1.29, 1.82) is 0 Å². The zero-order valence-electron chi connectivity index (χ0n) is 8.57. The smallest absolute Gasteiger partial charge is 0.295 e. The van der Waals surface area contributed by atoms with Crippen LogP contribution in [-0.2, 0) is 0 Å². The van der Waals surface area contributed by atoms with Gasteiger partial charge < -0.3 is 10.6 Å². The molecule has 1 fully saturated rings. The van der Waals surface area contributed by atoms with Gasteiger partial charge in [-0.15, -0.1) is 0 Å². The molecular weight excluding hydrogens is 213 g/mol. The molecule has 1 aliphatic heterocycles. The van der Waals surface area contributed by atoms with Gasteiger partial charge in [-0.3, -0.25) is 10.1 Å². The highest BCUT2D eigenvalue weighted by Crippen LogP contribution is 2.26. The van der Waals surface area contributed by atoms with Crippen LogP contribution in [-0.4, -0.2) is 24.1 Å². The summed E-state index contributed by atoms with van der Waals surface area (Å²) in [4.78, 5) is 10.2. The second kappa shape index (κ2) is 4.44. The predicted octanol–water partition coefficient (Wildman–Crippen LogP) is 1.51. The first-order valence-corrected chi connectivity index (χ1v) is 5.08. The Kier molecular flexibility index (Phi) is 3.00.